The Morgan fingerprint density at radius 3 is 2.62 bits per heavy atom. The van der Waals surface area contributed by atoms with Crippen LogP contribution in [0.5, 0.6) is 5.75 Å². The molecule has 1 spiro atoms. The first-order chi connectivity index (χ1) is 11.8. The predicted octanol–water partition coefficient (Wildman–Crippen LogP) is 3.28. The minimum absolute atomic E-state index is 0.0140. The first-order valence-electron chi connectivity index (χ1n) is 8.79. The van der Waals surface area contributed by atoms with Gasteiger partial charge in [0, 0.05) is 32.3 Å². The lowest BCUT2D eigenvalue weighted by molar-refractivity contribution is -0.0456. The number of piperidine rings is 1. The first-order valence-corrected chi connectivity index (χ1v) is 8.79. The van der Waals surface area contributed by atoms with Crippen LogP contribution < -0.4 is 4.74 Å². The van der Waals surface area contributed by atoms with Crippen molar-refractivity contribution in [2.75, 3.05) is 19.7 Å². The van der Waals surface area contributed by atoms with Gasteiger partial charge in [-0.1, -0.05) is 24.3 Å². The molecule has 0 radical (unpaired) electrons. The highest BCUT2D eigenvalue weighted by Crippen LogP contribution is 2.37. The van der Waals surface area contributed by atoms with Crippen LogP contribution in [0, 0.1) is 0 Å². The van der Waals surface area contributed by atoms with Gasteiger partial charge < -0.3 is 9.47 Å². The van der Waals surface area contributed by atoms with Crippen molar-refractivity contribution >= 4 is 0 Å². The maximum atomic E-state index is 6.20. The van der Waals surface area contributed by atoms with Crippen LogP contribution in [0.15, 0.2) is 54.7 Å². The molecule has 24 heavy (non-hydrogen) atoms. The first kappa shape index (κ1) is 15.6. The van der Waals surface area contributed by atoms with Crippen molar-refractivity contribution in [1.82, 2.24) is 9.88 Å². The Hall–Kier alpha value is -1.91. The van der Waals surface area contributed by atoms with E-state index in [1.807, 2.05) is 42.6 Å². The van der Waals surface area contributed by atoms with E-state index in [4.69, 9.17) is 9.47 Å². The summed E-state index contributed by atoms with van der Waals surface area (Å²) < 4.78 is 12.3. The van der Waals surface area contributed by atoms with Crippen LogP contribution in [0.3, 0.4) is 0 Å². The van der Waals surface area contributed by atoms with Crippen molar-refractivity contribution in [3.63, 3.8) is 0 Å². The van der Waals surface area contributed by atoms with E-state index in [2.05, 4.69) is 22.0 Å². The summed E-state index contributed by atoms with van der Waals surface area (Å²) in [5.74, 6) is 0.940. The predicted molar refractivity (Wildman–Crippen MR) is 92.9 cm³/mol. The van der Waals surface area contributed by atoms with Crippen molar-refractivity contribution in [2.24, 2.45) is 0 Å². The van der Waals surface area contributed by atoms with Crippen LogP contribution in [0.4, 0.5) is 0 Å². The zero-order chi connectivity index (χ0) is 16.2. The number of hydrogen-bond donors (Lipinski definition) is 0. The van der Waals surface area contributed by atoms with Crippen LogP contribution in [-0.4, -0.2) is 41.3 Å². The summed E-state index contributed by atoms with van der Waals surface area (Å²) in [5.41, 5.74) is 1.16. The molecule has 0 saturated carbocycles. The molecule has 4 rings (SSSR count). The molecule has 2 saturated heterocycles. The summed E-state index contributed by atoms with van der Waals surface area (Å²) in [6.45, 7) is 3.76. The maximum Gasteiger partial charge on any atom is 0.125 e. The number of aromatic nitrogens is 1. The lowest BCUT2D eigenvalue weighted by Gasteiger charge is -2.38. The average molecular weight is 324 g/mol. The van der Waals surface area contributed by atoms with E-state index < -0.39 is 0 Å². The van der Waals surface area contributed by atoms with Gasteiger partial charge in [0.1, 0.15) is 11.9 Å². The summed E-state index contributed by atoms with van der Waals surface area (Å²) in [4.78, 5) is 6.90. The van der Waals surface area contributed by atoms with Gasteiger partial charge in [0.05, 0.1) is 17.9 Å². The van der Waals surface area contributed by atoms with Gasteiger partial charge >= 0.3 is 0 Å². The molecule has 0 aliphatic carbocycles. The van der Waals surface area contributed by atoms with E-state index in [1.165, 1.54) is 0 Å². The molecular formula is C20H24N2O2. The number of ether oxygens (including phenoxy) is 2. The molecule has 126 valence electrons. The molecule has 1 unspecified atom stereocenters. The molecule has 2 aromatic rings. The van der Waals surface area contributed by atoms with Gasteiger partial charge in [0.15, 0.2) is 0 Å². The summed E-state index contributed by atoms with van der Waals surface area (Å²) in [6.07, 6.45) is 5.20. The lowest BCUT2D eigenvalue weighted by atomic mass is 9.88. The quantitative estimate of drug-likeness (QED) is 0.864. The monoisotopic (exact) mass is 324 g/mol. The highest BCUT2D eigenvalue weighted by molar-refractivity contribution is 5.21. The number of para-hydroxylation sites is 1. The minimum Gasteiger partial charge on any atom is -0.488 e. The number of pyridine rings is 1. The van der Waals surface area contributed by atoms with Crippen LogP contribution in [0.25, 0.3) is 0 Å². The van der Waals surface area contributed by atoms with E-state index in [-0.39, 0.29) is 11.7 Å². The molecule has 0 amide bonds. The van der Waals surface area contributed by atoms with Crippen LogP contribution in [0.2, 0.25) is 0 Å². The number of hydrogen-bond acceptors (Lipinski definition) is 4. The number of benzene rings is 1. The second-order valence-corrected chi connectivity index (χ2v) is 6.85. The molecule has 1 atom stereocenters. The standard InChI is InChI=1S/C20H24N2O2/c1-2-7-18(8-3-1)24-19-14-20(23-16-19)9-12-22(13-10-20)15-17-6-4-5-11-21-17/h1-8,11,19H,9-10,12-16H2. The normalized spacial score (nSPS) is 23.4. The summed E-state index contributed by atoms with van der Waals surface area (Å²) >= 11 is 0. The Kier molecular flexibility index (Phi) is 4.50. The van der Waals surface area contributed by atoms with Gasteiger partial charge in [-0.3, -0.25) is 9.88 Å². The van der Waals surface area contributed by atoms with E-state index in [9.17, 15) is 0 Å². The molecule has 2 aliphatic rings. The van der Waals surface area contributed by atoms with Crippen LogP contribution in [0.1, 0.15) is 25.0 Å². The summed E-state index contributed by atoms with van der Waals surface area (Å²) in [5, 5.41) is 0. The maximum absolute atomic E-state index is 6.20. The topological polar surface area (TPSA) is 34.6 Å². The number of rotatable bonds is 4. The van der Waals surface area contributed by atoms with Gasteiger partial charge in [0.25, 0.3) is 0 Å². The lowest BCUT2D eigenvalue weighted by Crippen LogP contribution is -2.44. The Morgan fingerprint density at radius 2 is 1.88 bits per heavy atom. The number of nitrogens with zero attached hydrogens (tertiary/aromatic N) is 2. The number of likely N-dealkylation sites (tertiary alicyclic amines) is 1. The SMILES string of the molecule is c1ccc(OC2COC3(CCN(Cc4ccccn4)CC3)C2)cc1. The van der Waals surface area contributed by atoms with Gasteiger partial charge in [-0.15, -0.1) is 0 Å². The molecule has 1 aromatic heterocycles. The molecule has 4 nitrogen and oxygen atoms in total. The average Bonchev–Trinajstić information content (AvgIpc) is 3.01. The van der Waals surface area contributed by atoms with Crippen molar-refractivity contribution in [3.05, 3.63) is 60.4 Å². The molecular weight excluding hydrogens is 300 g/mol. The molecule has 2 aliphatic heterocycles. The Morgan fingerprint density at radius 1 is 1.08 bits per heavy atom. The van der Waals surface area contributed by atoms with Crippen LogP contribution >= 0.6 is 0 Å². The third-order valence-electron chi connectivity index (χ3n) is 5.10. The Bertz CT molecular complexity index is 639. The molecule has 1 aromatic carbocycles. The van der Waals surface area contributed by atoms with Crippen molar-refractivity contribution in [1.29, 1.82) is 0 Å². The highest BCUT2D eigenvalue weighted by Gasteiger charge is 2.43. The highest BCUT2D eigenvalue weighted by atomic mass is 16.6. The fourth-order valence-electron chi connectivity index (χ4n) is 3.76. The third kappa shape index (κ3) is 3.60. The molecule has 3 heterocycles. The summed E-state index contributed by atoms with van der Waals surface area (Å²) in [7, 11) is 0. The van der Waals surface area contributed by atoms with Crippen LogP contribution in [-0.2, 0) is 11.3 Å². The Balaban J connectivity index is 1.29. The van der Waals surface area contributed by atoms with Gasteiger partial charge in [-0.25, -0.2) is 0 Å². The molecule has 0 N–H and O–H groups in total. The molecule has 2 fully saturated rings. The Labute approximate surface area is 143 Å². The van der Waals surface area contributed by atoms with E-state index in [1.54, 1.807) is 0 Å². The van der Waals surface area contributed by atoms with Gasteiger partial charge in [-0.05, 0) is 37.1 Å². The van der Waals surface area contributed by atoms with Gasteiger partial charge in [-0.2, -0.15) is 0 Å². The third-order valence-corrected chi connectivity index (χ3v) is 5.10. The second-order valence-electron chi connectivity index (χ2n) is 6.85. The second kappa shape index (κ2) is 6.91. The molecule has 0 bridgehead atoms. The van der Waals surface area contributed by atoms with Crippen molar-refractivity contribution < 1.29 is 9.47 Å². The van der Waals surface area contributed by atoms with Crippen molar-refractivity contribution in [2.45, 2.75) is 37.5 Å². The fourth-order valence-corrected chi connectivity index (χ4v) is 3.76. The smallest absolute Gasteiger partial charge is 0.125 e. The van der Waals surface area contributed by atoms with E-state index >= 15 is 0 Å². The van der Waals surface area contributed by atoms with E-state index in [0.29, 0.717) is 6.61 Å². The minimum atomic E-state index is 0.0140. The molecule has 4 heteroatoms. The van der Waals surface area contributed by atoms with Gasteiger partial charge in [0.2, 0.25) is 0 Å². The largest absolute Gasteiger partial charge is 0.488 e. The zero-order valence-electron chi connectivity index (χ0n) is 13.9. The fraction of sp³-hybridized carbons (Fsp3) is 0.450. The summed E-state index contributed by atoms with van der Waals surface area (Å²) in [6, 6.07) is 16.2. The van der Waals surface area contributed by atoms with Crippen molar-refractivity contribution in [3.8, 4) is 5.75 Å². The van der Waals surface area contributed by atoms with E-state index in [0.717, 1.165) is 50.3 Å². The zero-order valence-corrected chi connectivity index (χ0v) is 13.9.